The molecule has 1 aliphatic rings. The molecule has 1 aromatic carbocycles. The Balaban J connectivity index is 2.38. The molecular formula is C15H21NO2. The monoisotopic (exact) mass is 247 g/mol. The molecule has 1 atom stereocenters. The van der Waals surface area contributed by atoms with Crippen molar-refractivity contribution in [2.24, 2.45) is 5.41 Å². The minimum absolute atomic E-state index is 0.0944. The van der Waals surface area contributed by atoms with Crippen LogP contribution in [0.3, 0.4) is 0 Å². The van der Waals surface area contributed by atoms with Crippen molar-refractivity contribution < 1.29 is 9.90 Å². The van der Waals surface area contributed by atoms with E-state index in [1.54, 1.807) is 0 Å². The third-order valence-corrected chi connectivity index (χ3v) is 4.38. The van der Waals surface area contributed by atoms with E-state index < -0.39 is 11.4 Å². The average molecular weight is 247 g/mol. The lowest BCUT2D eigenvalue weighted by Gasteiger charge is -2.44. The molecule has 1 aromatic rings. The summed E-state index contributed by atoms with van der Waals surface area (Å²) in [6.07, 6.45) is 2.54. The Morgan fingerprint density at radius 1 is 1.33 bits per heavy atom. The van der Waals surface area contributed by atoms with Crippen molar-refractivity contribution in [3.63, 3.8) is 0 Å². The molecule has 0 amide bonds. The number of rotatable bonds is 4. The van der Waals surface area contributed by atoms with Crippen molar-refractivity contribution in [2.75, 3.05) is 7.05 Å². The molecule has 18 heavy (non-hydrogen) atoms. The van der Waals surface area contributed by atoms with Crippen molar-refractivity contribution in [1.29, 1.82) is 0 Å². The zero-order valence-corrected chi connectivity index (χ0v) is 11.3. The van der Waals surface area contributed by atoms with Gasteiger partial charge in [0.2, 0.25) is 0 Å². The number of hydrogen-bond acceptors (Lipinski definition) is 2. The zero-order chi connectivity index (χ0) is 13.3. The van der Waals surface area contributed by atoms with Crippen LogP contribution < -0.4 is 5.32 Å². The van der Waals surface area contributed by atoms with Crippen LogP contribution in [0.15, 0.2) is 18.2 Å². The minimum Gasteiger partial charge on any atom is -0.481 e. The summed E-state index contributed by atoms with van der Waals surface area (Å²) in [5.41, 5.74) is 2.93. The number of benzene rings is 1. The van der Waals surface area contributed by atoms with Gasteiger partial charge in [-0.3, -0.25) is 4.79 Å². The van der Waals surface area contributed by atoms with E-state index in [9.17, 15) is 9.90 Å². The van der Waals surface area contributed by atoms with Gasteiger partial charge >= 0.3 is 5.97 Å². The smallest absolute Gasteiger partial charge is 0.311 e. The molecule has 0 saturated heterocycles. The number of hydrogen-bond donors (Lipinski definition) is 2. The van der Waals surface area contributed by atoms with Gasteiger partial charge in [-0.2, -0.15) is 0 Å². The largest absolute Gasteiger partial charge is 0.481 e. The molecule has 0 spiro atoms. The molecule has 98 valence electrons. The average Bonchev–Trinajstić information content (AvgIpc) is 2.26. The molecule has 1 saturated carbocycles. The van der Waals surface area contributed by atoms with E-state index in [1.807, 2.05) is 13.1 Å². The van der Waals surface area contributed by atoms with Crippen LogP contribution in [-0.2, 0) is 4.79 Å². The third-order valence-electron chi connectivity index (χ3n) is 4.38. The van der Waals surface area contributed by atoms with Crippen LogP contribution in [0, 0.1) is 19.3 Å². The van der Waals surface area contributed by atoms with Crippen molar-refractivity contribution in [1.82, 2.24) is 5.32 Å². The van der Waals surface area contributed by atoms with Crippen LogP contribution in [0.1, 0.15) is 42.0 Å². The first kappa shape index (κ1) is 13.1. The van der Waals surface area contributed by atoms with E-state index in [0.717, 1.165) is 24.8 Å². The SMILES string of the molecule is CNC(c1ccc(C)c(C)c1)C1(C(=O)O)CCC1. The predicted octanol–water partition coefficient (Wildman–Crippen LogP) is 2.82. The van der Waals surface area contributed by atoms with E-state index in [-0.39, 0.29) is 6.04 Å². The quantitative estimate of drug-likeness (QED) is 0.860. The highest BCUT2D eigenvalue weighted by atomic mass is 16.4. The second-order valence-electron chi connectivity index (χ2n) is 5.38. The Labute approximate surface area is 108 Å². The van der Waals surface area contributed by atoms with Crippen LogP contribution in [0.2, 0.25) is 0 Å². The highest BCUT2D eigenvalue weighted by Crippen LogP contribution is 2.50. The van der Waals surface area contributed by atoms with Gasteiger partial charge in [-0.25, -0.2) is 0 Å². The summed E-state index contributed by atoms with van der Waals surface area (Å²) in [6.45, 7) is 4.14. The normalized spacial score (nSPS) is 19.1. The third kappa shape index (κ3) is 1.93. The minimum atomic E-state index is -0.675. The van der Waals surface area contributed by atoms with Gasteiger partial charge in [0.1, 0.15) is 0 Å². The molecule has 1 unspecified atom stereocenters. The molecule has 0 radical (unpaired) electrons. The van der Waals surface area contributed by atoms with E-state index in [0.29, 0.717) is 0 Å². The fourth-order valence-corrected chi connectivity index (χ4v) is 2.89. The molecule has 0 aromatic heterocycles. The summed E-state index contributed by atoms with van der Waals surface area (Å²) in [5, 5.41) is 12.7. The first-order chi connectivity index (χ1) is 8.51. The molecule has 0 heterocycles. The molecule has 0 aliphatic heterocycles. The van der Waals surface area contributed by atoms with Gasteiger partial charge in [-0.15, -0.1) is 0 Å². The predicted molar refractivity (Wildman–Crippen MR) is 71.6 cm³/mol. The van der Waals surface area contributed by atoms with Gasteiger partial charge in [-0.05, 0) is 50.4 Å². The van der Waals surface area contributed by atoms with E-state index in [4.69, 9.17) is 0 Å². The van der Waals surface area contributed by atoms with Crippen molar-refractivity contribution >= 4 is 5.97 Å². The van der Waals surface area contributed by atoms with E-state index >= 15 is 0 Å². The van der Waals surface area contributed by atoms with Gasteiger partial charge in [0.05, 0.1) is 5.41 Å². The molecular weight excluding hydrogens is 226 g/mol. The Kier molecular flexibility index (Phi) is 3.44. The Morgan fingerprint density at radius 3 is 2.39 bits per heavy atom. The lowest BCUT2D eigenvalue weighted by Crippen LogP contribution is -2.47. The molecule has 1 fully saturated rings. The Morgan fingerprint density at radius 2 is 2.00 bits per heavy atom. The maximum absolute atomic E-state index is 11.6. The molecule has 1 aliphatic carbocycles. The van der Waals surface area contributed by atoms with Gasteiger partial charge < -0.3 is 10.4 Å². The van der Waals surface area contributed by atoms with Crippen molar-refractivity contribution in [3.05, 3.63) is 34.9 Å². The number of aryl methyl sites for hydroxylation is 2. The van der Waals surface area contributed by atoms with Crippen molar-refractivity contribution in [2.45, 2.75) is 39.2 Å². The number of carboxylic acids is 1. The summed E-state index contributed by atoms with van der Waals surface area (Å²) in [5.74, 6) is -0.675. The fourth-order valence-electron chi connectivity index (χ4n) is 2.89. The molecule has 3 nitrogen and oxygen atoms in total. The highest BCUT2D eigenvalue weighted by molar-refractivity contribution is 5.77. The Bertz CT molecular complexity index is 464. The highest BCUT2D eigenvalue weighted by Gasteiger charge is 2.50. The van der Waals surface area contributed by atoms with E-state index in [2.05, 4.69) is 31.3 Å². The molecule has 3 heteroatoms. The summed E-state index contributed by atoms with van der Waals surface area (Å²) in [6, 6.07) is 6.14. The summed E-state index contributed by atoms with van der Waals surface area (Å²) < 4.78 is 0. The van der Waals surface area contributed by atoms with Crippen LogP contribution in [0.4, 0.5) is 0 Å². The van der Waals surface area contributed by atoms with Gasteiger partial charge in [0, 0.05) is 6.04 Å². The molecule has 0 bridgehead atoms. The van der Waals surface area contributed by atoms with Crippen molar-refractivity contribution in [3.8, 4) is 0 Å². The Hall–Kier alpha value is -1.35. The van der Waals surface area contributed by atoms with Gasteiger partial charge in [0.25, 0.3) is 0 Å². The lowest BCUT2D eigenvalue weighted by atomic mass is 9.62. The standard InChI is InChI=1S/C15H21NO2/c1-10-5-6-12(9-11(10)2)13(16-3)15(14(17)18)7-4-8-15/h5-6,9,13,16H,4,7-8H2,1-3H3,(H,17,18). The van der Waals surface area contributed by atoms with Crippen LogP contribution in [0.5, 0.6) is 0 Å². The second kappa shape index (κ2) is 4.73. The van der Waals surface area contributed by atoms with Crippen LogP contribution in [-0.4, -0.2) is 18.1 Å². The van der Waals surface area contributed by atoms with Gasteiger partial charge in [0.15, 0.2) is 0 Å². The number of nitrogens with one attached hydrogen (secondary N) is 1. The molecule has 2 rings (SSSR count). The van der Waals surface area contributed by atoms with E-state index in [1.165, 1.54) is 11.1 Å². The number of aliphatic carboxylic acids is 1. The first-order valence-corrected chi connectivity index (χ1v) is 6.49. The zero-order valence-electron chi connectivity index (χ0n) is 11.3. The number of carboxylic acid groups (broad SMARTS) is 1. The summed E-state index contributed by atoms with van der Waals surface area (Å²) in [7, 11) is 1.85. The van der Waals surface area contributed by atoms with Crippen LogP contribution in [0.25, 0.3) is 0 Å². The lowest BCUT2D eigenvalue weighted by molar-refractivity contribution is -0.157. The maximum atomic E-state index is 11.6. The molecule has 2 N–H and O–H groups in total. The second-order valence-corrected chi connectivity index (χ2v) is 5.38. The maximum Gasteiger partial charge on any atom is 0.311 e. The topological polar surface area (TPSA) is 49.3 Å². The first-order valence-electron chi connectivity index (χ1n) is 6.49. The fraction of sp³-hybridized carbons (Fsp3) is 0.533. The summed E-state index contributed by atoms with van der Waals surface area (Å²) >= 11 is 0. The summed E-state index contributed by atoms with van der Waals surface area (Å²) in [4.78, 5) is 11.6. The van der Waals surface area contributed by atoms with Crippen LogP contribution >= 0.6 is 0 Å². The van der Waals surface area contributed by atoms with Gasteiger partial charge in [-0.1, -0.05) is 24.6 Å². The number of carbonyl (C=O) groups is 1.